The third-order valence-electron chi connectivity index (χ3n) is 4.94. The Kier molecular flexibility index (Phi) is 7.80. The number of amides is 2. The molecule has 0 unspecified atom stereocenters. The molecule has 0 atom stereocenters. The Balaban J connectivity index is 1.69. The molecular formula is C25H26N4O4S. The van der Waals surface area contributed by atoms with Gasteiger partial charge in [-0.3, -0.25) is 13.9 Å². The molecule has 0 aliphatic carbocycles. The Morgan fingerprint density at radius 2 is 1.44 bits per heavy atom. The number of hydrogen-bond donors (Lipinski definition) is 2. The lowest BCUT2D eigenvalue weighted by Gasteiger charge is -2.22. The van der Waals surface area contributed by atoms with E-state index in [2.05, 4.69) is 15.8 Å². The van der Waals surface area contributed by atoms with Crippen LogP contribution in [0.4, 0.5) is 11.4 Å². The van der Waals surface area contributed by atoms with Crippen molar-refractivity contribution in [1.29, 1.82) is 0 Å². The molecule has 0 saturated carbocycles. The van der Waals surface area contributed by atoms with Crippen LogP contribution in [0.15, 0.2) is 84.0 Å². The van der Waals surface area contributed by atoms with E-state index in [0.717, 1.165) is 17.4 Å². The lowest BCUT2D eigenvalue weighted by Crippen LogP contribution is -2.29. The first kappa shape index (κ1) is 24.7. The largest absolute Gasteiger partial charge is 0.326 e. The minimum atomic E-state index is -3.52. The molecular weight excluding hydrogens is 452 g/mol. The van der Waals surface area contributed by atoms with Gasteiger partial charge in [0.2, 0.25) is 15.9 Å². The number of anilines is 2. The first-order valence-electron chi connectivity index (χ1n) is 10.5. The van der Waals surface area contributed by atoms with Crippen LogP contribution in [0.2, 0.25) is 0 Å². The first-order chi connectivity index (χ1) is 16.1. The molecule has 2 amide bonds. The molecule has 3 rings (SSSR count). The first-order valence-corrected chi connectivity index (χ1v) is 12.3. The van der Waals surface area contributed by atoms with E-state index in [-0.39, 0.29) is 12.5 Å². The standard InChI is InChI=1S/C25H26N4O4S/c1-18(21-9-13-23(14-10-21)26-19(2)30)27-28-25(31)22-11-15-24(16-12-22)29(34(3,32)33)17-20-7-5-4-6-8-20/h4-16H,17H2,1-3H3,(H,26,30)(H,28,31)/b27-18-. The van der Waals surface area contributed by atoms with Crippen molar-refractivity contribution in [3.8, 4) is 0 Å². The minimum Gasteiger partial charge on any atom is -0.326 e. The summed E-state index contributed by atoms with van der Waals surface area (Å²) in [5.74, 6) is -0.578. The number of carbonyl (C=O) groups excluding carboxylic acids is 2. The average Bonchev–Trinajstić information content (AvgIpc) is 2.81. The molecule has 8 nitrogen and oxygen atoms in total. The number of rotatable bonds is 8. The van der Waals surface area contributed by atoms with Crippen LogP contribution in [0, 0.1) is 0 Å². The van der Waals surface area contributed by atoms with E-state index >= 15 is 0 Å². The number of hydrogen-bond acceptors (Lipinski definition) is 5. The van der Waals surface area contributed by atoms with Crippen LogP contribution >= 0.6 is 0 Å². The van der Waals surface area contributed by atoms with Gasteiger partial charge >= 0.3 is 0 Å². The number of hydrazone groups is 1. The van der Waals surface area contributed by atoms with Crippen molar-refractivity contribution in [1.82, 2.24) is 5.43 Å². The summed E-state index contributed by atoms with van der Waals surface area (Å²) in [6.07, 6.45) is 1.15. The molecule has 176 valence electrons. The highest BCUT2D eigenvalue weighted by molar-refractivity contribution is 7.92. The van der Waals surface area contributed by atoms with Gasteiger partial charge in [0, 0.05) is 18.2 Å². The van der Waals surface area contributed by atoms with Crippen LogP contribution in [-0.2, 0) is 21.4 Å². The van der Waals surface area contributed by atoms with Crippen molar-refractivity contribution in [2.45, 2.75) is 20.4 Å². The van der Waals surface area contributed by atoms with Gasteiger partial charge in [0.05, 0.1) is 24.2 Å². The SMILES string of the molecule is CC(=O)Nc1ccc(/C(C)=N\NC(=O)c2ccc(N(Cc3ccccc3)S(C)(=O)=O)cc2)cc1. The van der Waals surface area contributed by atoms with Gasteiger partial charge in [0.1, 0.15) is 0 Å². The van der Waals surface area contributed by atoms with E-state index in [9.17, 15) is 18.0 Å². The molecule has 0 aromatic heterocycles. The average molecular weight is 479 g/mol. The molecule has 3 aromatic carbocycles. The third kappa shape index (κ3) is 6.76. The summed E-state index contributed by atoms with van der Waals surface area (Å²) in [4.78, 5) is 23.6. The van der Waals surface area contributed by atoms with Crippen LogP contribution in [0.3, 0.4) is 0 Å². The quantitative estimate of drug-likeness (QED) is 0.380. The lowest BCUT2D eigenvalue weighted by atomic mass is 10.1. The maximum Gasteiger partial charge on any atom is 0.271 e. The zero-order chi connectivity index (χ0) is 24.7. The lowest BCUT2D eigenvalue weighted by molar-refractivity contribution is -0.114. The van der Waals surface area contributed by atoms with Crippen LogP contribution in [-0.4, -0.2) is 32.2 Å². The Morgan fingerprint density at radius 3 is 2.00 bits per heavy atom. The zero-order valence-electron chi connectivity index (χ0n) is 19.1. The number of carbonyl (C=O) groups is 2. The second kappa shape index (κ2) is 10.8. The topological polar surface area (TPSA) is 108 Å². The molecule has 2 N–H and O–H groups in total. The normalized spacial score (nSPS) is 11.6. The van der Waals surface area contributed by atoms with E-state index in [1.165, 1.54) is 11.2 Å². The van der Waals surface area contributed by atoms with Gasteiger partial charge in [-0.2, -0.15) is 5.10 Å². The van der Waals surface area contributed by atoms with Crippen molar-refractivity contribution in [2.75, 3.05) is 15.9 Å². The second-order valence-corrected chi connectivity index (χ2v) is 9.61. The molecule has 0 bridgehead atoms. The van der Waals surface area contributed by atoms with Gasteiger partial charge in [0.25, 0.3) is 5.91 Å². The minimum absolute atomic E-state index is 0.156. The monoisotopic (exact) mass is 478 g/mol. The Hall–Kier alpha value is -3.98. The van der Waals surface area contributed by atoms with E-state index in [1.54, 1.807) is 55.5 Å². The molecule has 0 spiro atoms. The fourth-order valence-corrected chi connectivity index (χ4v) is 4.08. The van der Waals surface area contributed by atoms with Gasteiger partial charge in [-0.15, -0.1) is 0 Å². The van der Waals surface area contributed by atoms with Crippen LogP contribution in [0.1, 0.15) is 35.3 Å². The predicted octanol–water partition coefficient (Wildman–Crippen LogP) is 3.77. The van der Waals surface area contributed by atoms with E-state index in [4.69, 9.17) is 0 Å². The highest BCUT2D eigenvalue weighted by atomic mass is 32.2. The summed E-state index contributed by atoms with van der Waals surface area (Å²) in [6, 6.07) is 22.7. The van der Waals surface area contributed by atoms with Crippen molar-refractivity contribution >= 4 is 38.9 Å². The van der Waals surface area contributed by atoms with Crippen LogP contribution < -0.4 is 15.0 Å². The summed E-state index contributed by atoms with van der Waals surface area (Å²) < 4.78 is 26.0. The second-order valence-electron chi connectivity index (χ2n) is 7.70. The molecule has 34 heavy (non-hydrogen) atoms. The molecule has 0 fully saturated rings. The van der Waals surface area contributed by atoms with Crippen molar-refractivity contribution in [2.24, 2.45) is 5.10 Å². The summed E-state index contributed by atoms with van der Waals surface area (Å²) in [5, 5.41) is 6.83. The van der Waals surface area contributed by atoms with Crippen molar-refractivity contribution in [3.05, 3.63) is 95.6 Å². The highest BCUT2D eigenvalue weighted by Crippen LogP contribution is 2.21. The van der Waals surface area contributed by atoms with Crippen molar-refractivity contribution < 1.29 is 18.0 Å². The summed E-state index contributed by atoms with van der Waals surface area (Å²) in [7, 11) is -3.52. The fourth-order valence-electron chi connectivity index (χ4n) is 3.19. The fraction of sp³-hybridized carbons (Fsp3) is 0.160. The summed E-state index contributed by atoms with van der Waals surface area (Å²) in [6.45, 7) is 3.38. The Morgan fingerprint density at radius 1 is 0.853 bits per heavy atom. The van der Waals surface area contributed by atoms with Crippen LogP contribution in [0.5, 0.6) is 0 Å². The van der Waals surface area contributed by atoms with Crippen LogP contribution in [0.25, 0.3) is 0 Å². The van der Waals surface area contributed by atoms with Gasteiger partial charge in [-0.1, -0.05) is 42.5 Å². The molecule has 0 saturated heterocycles. The van der Waals surface area contributed by atoms with Crippen molar-refractivity contribution in [3.63, 3.8) is 0 Å². The number of benzene rings is 3. The molecule has 0 aliphatic rings. The number of nitrogens with one attached hydrogen (secondary N) is 2. The predicted molar refractivity (Wildman–Crippen MR) is 134 cm³/mol. The van der Waals surface area contributed by atoms with Gasteiger partial charge in [0.15, 0.2) is 0 Å². The van der Waals surface area contributed by atoms with Gasteiger partial charge in [-0.25, -0.2) is 13.8 Å². The van der Waals surface area contributed by atoms with Gasteiger partial charge < -0.3 is 5.32 Å². The number of sulfonamides is 1. The van der Waals surface area contributed by atoms with E-state index in [1.807, 2.05) is 30.3 Å². The highest BCUT2D eigenvalue weighted by Gasteiger charge is 2.18. The molecule has 0 heterocycles. The van der Waals surface area contributed by atoms with E-state index < -0.39 is 15.9 Å². The van der Waals surface area contributed by atoms with E-state index in [0.29, 0.717) is 22.6 Å². The Labute approximate surface area is 199 Å². The zero-order valence-corrected chi connectivity index (χ0v) is 20.0. The maximum atomic E-state index is 12.5. The maximum absolute atomic E-state index is 12.5. The number of nitrogens with zero attached hydrogens (tertiary/aromatic N) is 2. The third-order valence-corrected chi connectivity index (χ3v) is 6.08. The smallest absolute Gasteiger partial charge is 0.271 e. The van der Waals surface area contributed by atoms with Gasteiger partial charge in [-0.05, 0) is 54.4 Å². The molecule has 0 aliphatic heterocycles. The molecule has 0 radical (unpaired) electrons. The molecule has 9 heteroatoms. The summed E-state index contributed by atoms with van der Waals surface area (Å²) >= 11 is 0. The summed E-state index contributed by atoms with van der Waals surface area (Å²) in [5.41, 5.74) is 6.21. The Bertz CT molecular complexity index is 1290. The molecule has 3 aromatic rings.